The first-order valence-electron chi connectivity index (χ1n) is 7.15. The highest BCUT2D eigenvalue weighted by Crippen LogP contribution is 2.12. The Labute approximate surface area is 126 Å². The number of nitrogens with one attached hydrogen (secondary N) is 1. The largest absolute Gasteiger partial charge is 0.444 e. The highest BCUT2D eigenvalue weighted by molar-refractivity contribution is 5.67. The van der Waals surface area contributed by atoms with E-state index >= 15 is 0 Å². The second-order valence-corrected chi connectivity index (χ2v) is 5.96. The maximum Gasteiger partial charge on any atom is 0.407 e. The smallest absolute Gasteiger partial charge is 0.407 e. The van der Waals surface area contributed by atoms with Crippen molar-refractivity contribution in [2.24, 2.45) is 0 Å². The molecule has 0 bridgehead atoms. The zero-order valence-corrected chi connectivity index (χ0v) is 13.3. The van der Waals surface area contributed by atoms with Crippen LogP contribution in [0.1, 0.15) is 43.9 Å². The van der Waals surface area contributed by atoms with Gasteiger partial charge in [0.25, 0.3) is 0 Å². The average molecular weight is 291 g/mol. The van der Waals surface area contributed by atoms with Crippen molar-refractivity contribution in [3.8, 4) is 0 Å². The summed E-state index contributed by atoms with van der Waals surface area (Å²) in [5.41, 5.74) is 2.59. The van der Waals surface area contributed by atoms with Crippen LogP contribution in [-0.4, -0.2) is 23.3 Å². The summed E-state index contributed by atoms with van der Waals surface area (Å²) in [6.45, 7) is 8.06. The molecule has 0 heterocycles. The number of hydrogen-bond acceptors (Lipinski definition) is 3. The Hall–Kier alpha value is -1.81. The minimum atomic E-state index is -0.470. The molecule has 1 amide bonds. The van der Waals surface area contributed by atoms with Gasteiger partial charge in [-0.2, -0.15) is 0 Å². The third kappa shape index (κ3) is 6.95. The van der Waals surface area contributed by atoms with Gasteiger partial charge in [-0.05, 0) is 56.9 Å². The Kier molecular flexibility index (Phi) is 6.43. The van der Waals surface area contributed by atoms with E-state index in [0.29, 0.717) is 6.54 Å². The van der Waals surface area contributed by atoms with Gasteiger partial charge < -0.3 is 15.2 Å². The van der Waals surface area contributed by atoms with E-state index in [-0.39, 0.29) is 6.61 Å². The predicted molar refractivity (Wildman–Crippen MR) is 85.0 cm³/mol. The van der Waals surface area contributed by atoms with Gasteiger partial charge in [0.1, 0.15) is 5.60 Å². The van der Waals surface area contributed by atoms with Crippen molar-refractivity contribution in [1.82, 2.24) is 5.32 Å². The van der Waals surface area contributed by atoms with E-state index in [4.69, 9.17) is 4.74 Å². The molecule has 0 saturated heterocycles. The maximum atomic E-state index is 11.4. The summed E-state index contributed by atoms with van der Waals surface area (Å²) in [6.07, 6.45) is 4.30. The van der Waals surface area contributed by atoms with Crippen molar-refractivity contribution in [3.05, 3.63) is 41.0 Å². The zero-order chi connectivity index (χ0) is 15.9. The first kappa shape index (κ1) is 17.2. The molecule has 0 unspecified atom stereocenters. The van der Waals surface area contributed by atoms with Crippen LogP contribution in [0.5, 0.6) is 0 Å². The van der Waals surface area contributed by atoms with E-state index in [9.17, 15) is 9.90 Å². The molecule has 0 radical (unpaired) electrons. The molecule has 21 heavy (non-hydrogen) atoms. The van der Waals surface area contributed by atoms with Gasteiger partial charge in [0, 0.05) is 6.54 Å². The molecule has 0 atom stereocenters. The van der Waals surface area contributed by atoms with Gasteiger partial charge in [0.15, 0.2) is 0 Å². The van der Waals surface area contributed by atoms with Gasteiger partial charge in [0.05, 0.1) is 6.61 Å². The van der Waals surface area contributed by atoms with Crippen LogP contribution in [0.15, 0.2) is 24.3 Å². The van der Waals surface area contributed by atoms with Crippen molar-refractivity contribution >= 4 is 12.2 Å². The van der Waals surface area contributed by atoms with E-state index in [1.54, 1.807) is 0 Å². The minimum Gasteiger partial charge on any atom is -0.444 e. The molecule has 116 valence electrons. The number of ether oxygens (including phenoxy) is 1. The van der Waals surface area contributed by atoms with Crippen LogP contribution in [0.2, 0.25) is 0 Å². The molecule has 0 aliphatic carbocycles. The average Bonchev–Trinajstić information content (AvgIpc) is 2.38. The Balaban J connectivity index is 2.37. The molecule has 1 aromatic rings. The molecule has 1 rings (SSSR count). The van der Waals surface area contributed by atoms with E-state index in [1.165, 1.54) is 0 Å². The first-order chi connectivity index (χ1) is 9.81. The Morgan fingerprint density at radius 3 is 2.71 bits per heavy atom. The Bertz CT molecular complexity index is 501. The van der Waals surface area contributed by atoms with Crippen LogP contribution in [-0.2, 0) is 11.3 Å². The van der Waals surface area contributed by atoms with Crippen molar-refractivity contribution < 1.29 is 14.6 Å². The number of aliphatic hydroxyl groups is 1. The summed E-state index contributed by atoms with van der Waals surface area (Å²) in [6, 6.07) is 5.96. The standard InChI is InChI=1S/C17H25NO3/c1-13-8-9-14(11-15(13)12-19)7-5-6-10-18-16(20)21-17(2,3)4/h5,7-9,11,19H,6,10,12H2,1-4H3,(H,18,20). The van der Waals surface area contributed by atoms with Crippen molar-refractivity contribution in [2.45, 2.75) is 46.3 Å². The van der Waals surface area contributed by atoms with Crippen LogP contribution < -0.4 is 5.32 Å². The van der Waals surface area contributed by atoms with E-state index in [2.05, 4.69) is 5.32 Å². The van der Waals surface area contributed by atoms with Gasteiger partial charge in [-0.25, -0.2) is 4.79 Å². The molecule has 1 aromatic carbocycles. The number of aryl methyl sites for hydroxylation is 1. The number of benzene rings is 1. The van der Waals surface area contributed by atoms with Gasteiger partial charge >= 0.3 is 6.09 Å². The van der Waals surface area contributed by atoms with Crippen molar-refractivity contribution in [2.75, 3.05) is 6.54 Å². The molecule has 0 aromatic heterocycles. The van der Waals surface area contributed by atoms with Crippen molar-refractivity contribution in [1.29, 1.82) is 0 Å². The number of carbonyl (C=O) groups excluding carboxylic acids is 1. The van der Waals surface area contributed by atoms with Gasteiger partial charge in [-0.1, -0.05) is 24.3 Å². The van der Waals surface area contributed by atoms with Crippen molar-refractivity contribution in [3.63, 3.8) is 0 Å². The number of alkyl carbamates (subject to hydrolysis) is 1. The second kappa shape index (κ2) is 7.84. The summed E-state index contributed by atoms with van der Waals surface area (Å²) in [7, 11) is 0. The molecule has 4 nitrogen and oxygen atoms in total. The fourth-order valence-corrected chi connectivity index (χ4v) is 1.76. The van der Waals surface area contributed by atoms with Crippen LogP contribution in [0.25, 0.3) is 6.08 Å². The summed E-state index contributed by atoms with van der Waals surface area (Å²) in [4.78, 5) is 11.4. The number of amides is 1. The third-order valence-corrected chi connectivity index (χ3v) is 2.83. The quantitative estimate of drug-likeness (QED) is 0.817. The molecular weight excluding hydrogens is 266 g/mol. The maximum absolute atomic E-state index is 11.4. The number of aliphatic hydroxyl groups excluding tert-OH is 1. The van der Waals surface area contributed by atoms with Crippen LogP contribution >= 0.6 is 0 Å². The van der Waals surface area contributed by atoms with Crippen LogP contribution in [0.3, 0.4) is 0 Å². The van der Waals surface area contributed by atoms with E-state index < -0.39 is 11.7 Å². The Morgan fingerprint density at radius 1 is 1.38 bits per heavy atom. The highest BCUT2D eigenvalue weighted by Gasteiger charge is 2.15. The lowest BCUT2D eigenvalue weighted by Gasteiger charge is -2.19. The SMILES string of the molecule is Cc1ccc(C=CCCNC(=O)OC(C)(C)C)cc1CO. The predicted octanol–water partition coefficient (Wildman–Crippen LogP) is 3.42. The lowest BCUT2D eigenvalue weighted by Crippen LogP contribution is -2.32. The summed E-state index contributed by atoms with van der Waals surface area (Å²) in [5.74, 6) is 0. The fraction of sp³-hybridized carbons (Fsp3) is 0.471. The Morgan fingerprint density at radius 2 is 2.10 bits per heavy atom. The molecule has 0 aliphatic rings. The normalized spacial score (nSPS) is 11.7. The summed E-state index contributed by atoms with van der Waals surface area (Å²) >= 11 is 0. The molecule has 4 heteroatoms. The monoisotopic (exact) mass is 291 g/mol. The lowest BCUT2D eigenvalue weighted by molar-refractivity contribution is 0.0529. The van der Waals surface area contributed by atoms with Gasteiger partial charge in [0.2, 0.25) is 0 Å². The van der Waals surface area contributed by atoms with Gasteiger partial charge in [-0.15, -0.1) is 0 Å². The summed E-state index contributed by atoms with van der Waals surface area (Å²) < 4.78 is 5.14. The molecular formula is C17H25NO3. The second-order valence-electron chi connectivity index (χ2n) is 5.96. The number of rotatable bonds is 5. The first-order valence-corrected chi connectivity index (χ1v) is 7.15. The third-order valence-electron chi connectivity index (χ3n) is 2.83. The zero-order valence-electron chi connectivity index (χ0n) is 13.3. The molecule has 0 aliphatic heterocycles. The molecule has 0 spiro atoms. The van der Waals surface area contributed by atoms with Gasteiger partial charge in [-0.3, -0.25) is 0 Å². The van der Waals surface area contributed by atoms with Crippen LogP contribution in [0, 0.1) is 6.92 Å². The molecule has 0 saturated carbocycles. The summed E-state index contributed by atoms with van der Waals surface area (Å²) in [5, 5.41) is 11.9. The topological polar surface area (TPSA) is 58.6 Å². The number of hydrogen-bond donors (Lipinski definition) is 2. The molecule has 2 N–H and O–H groups in total. The van der Waals surface area contributed by atoms with E-state index in [0.717, 1.165) is 23.1 Å². The fourth-order valence-electron chi connectivity index (χ4n) is 1.76. The highest BCUT2D eigenvalue weighted by atomic mass is 16.6. The minimum absolute atomic E-state index is 0.0493. The van der Waals surface area contributed by atoms with Crippen LogP contribution in [0.4, 0.5) is 4.79 Å². The number of carbonyl (C=O) groups is 1. The lowest BCUT2D eigenvalue weighted by atomic mass is 10.1. The molecule has 0 fully saturated rings. The van der Waals surface area contributed by atoms with E-state index in [1.807, 2.05) is 58.0 Å².